The van der Waals surface area contributed by atoms with E-state index >= 15 is 0 Å². The van der Waals surface area contributed by atoms with Crippen LogP contribution >= 0.6 is 0 Å². The molecule has 1 saturated heterocycles. The number of nitrogens with zero attached hydrogens (tertiary/aromatic N) is 2. The minimum atomic E-state index is -0.285. The first kappa shape index (κ1) is 13.2. The first-order valence-corrected chi connectivity index (χ1v) is 7.27. The summed E-state index contributed by atoms with van der Waals surface area (Å²) >= 11 is 0. The van der Waals surface area contributed by atoms with Crippen LogP contribution in [0.5, 0.6) is 0 Å². The van der Waals surface area contributed by atoms with Crippen LogP contribution in [-0.2, 0) is 15.9 Å². The Kier molecular flexibility index (Phi) is 2.84. The Balaban J connectivity index is 1.94. The van der Waals surface area contributed by atoms with Gasteiger partial charge in [-0.05, 0) is 47.5 Å². The van der Waals surface area contributed by atoms with Gasteiger partial charge in [-0.25, -0.2) is 0 Å². The molecule has 0 bridgehead atoms. The third-order valence-electron chi connectivity index (χ3n) is 4.68. The van der Waals surface area contributed by atoms with E-state index in [0.29, 0.717) is 5.92 Å². The Morgan fingerprint density at radius 3 is 2.32 bits per heavy atom. The zero-order chi connectivity index (χ0) is 13.8. The van der Waals surface area contributed by atoms with Gasteiger partial charge in [-0.2, -0.15) is 5.10 Å². The van der Waals surface area contributed by atoms with Crippen molar-refractivity contribution in [2.24, 2.45) is 0 Å². The summed E-state index contributed by atoms with van der Waals surface area (Å²) in [5.74, 6) is 0.650. The molecule has 0 aromatic carbocycles. The second kappa shape index (κ2) is 4.09. The van der Waals surface area contributed by atoms with Crippen molar-refractivity contribution in [2.45, 2.75) is 71.1 Å². The molecule has 5 heteroatoms. The highest BCUT2D eigenvalue weighted by atomic mass is 16.7. The normalized spacial score (nSPS) is 25.0. The highest BCUT2D eigenvalue weighted by molar-refractivity contribution is 6.62. The molecular weight excluding hydrogens is 239 g/mol. The van der Waals surface area contributed by atoms with Gasteiger partial charge in [-0.1, -0.05) is 0 Å². The van der Waals surface area contributed by atoms with Crippen molar-refractivity contribution >= 4 is 12.6 Å². The molecule has 0 atom stereocenters. The van der Waals surface area contributed by atoms with Crippen molar-refractivity contribution in [1.29, 1.82) is 0 Å². The largest absolute Gasteiger partial charge is 0.498 e. The molecule has 19 heavy (non-hydrogen) atoms. The van der Waals surface area contributed by atoms with Crippen LogP contribution in [-0.4, -0.2) is 28.1 Å². The first-order chi connectivity index (χ1) is 8.86. The van der Waals surface area contributed by atoms with Crippen LogP contribution in [0.2, 0.25) is 0 Å². The van der Waals surface area contributed by atoms with Gasteiger partial charge in [0.2, 0.25) is 0 Å². The number of rotatable bonds is 3. The SMILES string of the molecule is CCn1ncc(B2OC(C)(C)C(C)(C)O2)c1C1CC1. The van der Waals surface area contributed by atoms with Crippen LogP contribution in [0.3, 0.4) is 0 Å². The Morgan fingerprint density at radius 1 is 1.26 bits per heavy atom. The zero-order valence-corrected chi connectivity index (χ0v) is 12.6. The van der Waals surface area contributed by atoms with Crippen molar-refractivity contribution in [3.63, 3.8) is 0 Å². The fourth-order valence-corrected chi connectivity index (χ4v) is 2.62. The molecule has 1 aromatic rings. The maximum atomic E-state index is 6.15. The molecule has 1 aliphatic carbocycles. The van der Waals surface area contributed by atoms with Gasteiger partial charge in [0.25, 0.3) is 0 Å². The maximum Gasteiger partial charge on any atom is 0.498 e. The van der Waals surface area contributed by atoms with Gasteiger partial charge in [-0.15, -0.1) is 0 Å². The number of aryl methyl sites for hydroxylation is 1. The Bertz CT molecular complexity index is 476. The molecule has 1 aliphatic heterocycles. The lowest BCUT2D eigenvalue weighted by Gasteiger charge is -2.32. The van der Waals surface area contributed by atoms with Crippen LogP contribution in [0.1, 0.15) is 59.1 Å². The predicted molar refractivity (Wildman–Crippen MR) is 75.6 cm³/mol. The predicted octanol–water partition coefficient (Wildman–Crippen LogP) is 2.08. The Hall–Kier alpha value is -0.805. The molecule has 0 N–H and O–H groups in total. The van der Waals surface area contributed by atoms with Crippen molar-refractivity contribution in [1.82, 2.24) is 9.78 Å². The van der Waals surface area contributed by atoms with Crippen LogP contribution in [0.15, 0.2) is 6.20 Å². The molecule has 4 nitrogen and oxygen atoms in total. The van der Waals surface area contributed by atoms with Crippen LogP contribution in [0.4, 0.5) is 0 Å². The van der Waals surface area contributed by atoms with Crippen LogP contribution < -0.4 is 5.46 Å². The molecule has 0 radical (unpaired) electrons. The standard InChI is InChI=1S/C14H23BN2O2/c1-6-17-12(10-7-8-10)11(9-16-17)15-18-13(2,3)14(4,5)19-15/h9-10H,6-8H2,1-5H3. The summed E-state index contributed by atoms with van der Waals surface area (Å²) in [4.78, 5) is 0. The third-order valence-corrected chi connectivity index (χ3v) is 4.68. The van der Waals surface area contributed by atoms with Gasteiger partial charge >= 0.3 is 7.12 Å². The van der Waals surface area contributed by atoms with Gasteiger partial charge < -0.3 is 9.31 Å². The van der Waals surface area contributed by atoms with E-state index in [0.717, 1.165) is 12.0 Å². The average Bonchev–Trinajstić information content (AvgIpc) is 3.01. The molecule has 1 aromatic heterocycles. The minimum Gasteiger partial charge on any atom is -0.399 e. The van der Waals surface area contributed by atoms with Gasteiger partial charge in [0.1, 0.15) is 0 Å². The summed E-state index contributed by atoms with van der Waals surface area (Å²) in [6, 6.07) is 0. The van der Waals surface area contributed by atoms with Crippen molar-refractivity contribution in [2.75, 3.05) is 0 Å². The van der Waals surface area contributed by atoms with E-state index < -0.39 is 0 Å². The molecule has 2 fully saturated rings. The van der Waals surface area contributed by atoms with Gasteiger partial charge in [0.05, 0.1) is 11.2 Å². The molecule has 0 spiro atoms. The van der Waals surface area contributed by atoms with E-state index in [2.05, 4.69) is 44.4 Å². The smallest absolute Gasteiger partial charge is 0.399 e. The van der Waals surface area contributed by atoms with E-state index in [1.165, 1.54) is 18.5 Å². The first-order valence-electron chi connectivity index (χ1n) is 7.27. The maximum absolute atomic E-state index is 6.15. The summed E-state index contributed by atoms with van der Waals surface area (Å²) in [6.07, 6.45) is 4.45. The molecule has 2 heterocycles. The quantitative estimate of drug-likeness (QED) is 0.782. The van der Waals surface area contributed by atoms with Gasteiger partial charge in [0.15, 0.2) is 0 Å². The van der Waals surface area contributed by atoms with Crippen molar-refractivity contribution in [3.05, 3.63) is 11.9 Å². The average molecular weight is 262 g/mol. The lowest BCUT2D eigenvalue weighted by atomic mass is 9.78. The summed E-state index contributed by atoms with van der Waals surface area (Å²) < 4.78 is 14.4. The molecule has 0 unspecified atom stereocenters. The molecule has 104 valence electrons. The van der Waals surface area contributed by atoms with E-state index in [4.69, 9.17) is 9.31 Å². The van der Waals surface area contributed by atoms with Gasteiger partial charge in [-0.3, -0.25) is 4.68 Å². The lowest BCUT2D eigenvalue weighted by molar-refractivity contribution is 0.00578. The third kappa shape index (κ3) is 2.03. The topological polar surface area (TPSA) is 36.3 Å². The Morgan fingerprint density at radius 2 is 1.84 bits per heavy atom. The van der Waals surface area contributed by atoms with Crippen molar-refractivity contribution in [3.8, 4) is 0 Å². The molecule has 3 rings (SSSR count). The fraction of sp³-hybridized carbons (Fsp3) is 0.786. The minimum absolute atomic E-state index is 0.277. The summed E-state index contributed by atoms with van der Waals surface area (Å²) in [6.45, 7) is 11.4. The summed E-state index contributed by atoms with van der Waals surface area (Å²) in [5.41, 5.74) is 1.88. The second-order valence-corrected chi connectivity index (χ2v) is 6.66. The van der Waals surface area contributed by atoms with E-state index in [-0.39, 0.29) is 18.3 Å². The summed E-state index contributed by atoms with van der Waals surface area (Å²) in [7, 11) is -0.277. The van der Waals surface area contributed by atoms with E-state index in [1.807, 2.05) is 6.20 Å². The summed E-state index contributed by atoms with van der Waals surface area (Å²) in [5, 5.41) is 4.49. The molecule has 0 amide bonds. The number of hydrogen-bond acceptors (Lipinski definition) is 3. The Labute approximate surface area is 115 Å². The monoisotopic (exact) mass is 262 g/mol. The van der Waals surface area contributed by atoms with Gasteiger partial charge in [0, 0.05) is 29.8 Å². The molecular formula is C14H23BN2O2. The second-order valence-electron chi connectivity index (χ2n) is 6.66. The van der Waals surface area contributed by atoms with E-state index in [9.17, 15) is 0 Å². The van der Waals surface area contributed by atoms with Crippen LogP contribution in [0.25, 0.3) is 0 Å². The number of hydrogen-bond donors (Lipinski definition) is 0. The fourth-order valence-electron chi connectivity index (χ4n) is 2.62. The highest BCUT2D eigenvalue weighted by Crippen LogP contribution is 2.41. The highest BCUT2D eigenvalue weighted by Gasteiger charge is 2.53. The zero-order valence-electron chi connectivity index (χ0n) is 12.6. The number of aromatic nitrogens is 2. The molecule has 2 aliphatic rings. The molecule has 1 saturated carbocycles. The van der Waals surface area contributed by atoms with Crippen molar-refractivity contribution < 1.29 is 9.31 Å². The van der Waals surface area contributed by atoms with Crippen LogP contribution in [0, 0.1) is 0 Å². The lowest BCUT2D eigenvalue weighted by Crippen LogP contribution is -2.41. The van der Waals surface area contributed by atoms with E-state index in [1.54, 1.807) is 0 Å².